The smallest absolute Gasteiger partial charge is 0.258 e. The summed E-state index contributed by atoms with van der Waals surface area (Å²) in [5, 5.41) is 6.98. The van der Waals surface area contributed by atoms with Gasteiger partial charge < -0.3 is 15.0 Å². The first-order valence-corrected chi connectivity index (χ1v) is 6.36. The fourth-order valence-corrected chi connectivity index (χ4v) is 2.12. The molecule has 3 heterocycles. The second-order valence-electron chi connectivity index (χ2n) is 4.44. The quantitative estimate of drug-likeness (QED) is 0.815. The fraction of sp³-hybridized carbons (Fsp3) is 0.545. The van der Waals surface area contributed by atoms with Crippen LogP contribution < -0.4 is 10.2 Å². The van der Waals surface area contributed by atoms with Crippen LogP contribution in [0.5, 0.6) is 0 Å². The van der Waals surface area contributed by atoms with Crippen molar-refractivity contribution in [2.24, 2.45) is 0 Å². The SMILES string of the molecule is CNc1nc(N2CCC(OC)C2)nc(-n2cncn2)n1. The predicted octanol–water partition coefficient (Wildman–Crippen LogP) is -0.281. The number of hydrogen-bond acceptors (Lipinski definition) is 8. The Morgan fingerprint density at radius 2 is 2.15 bits per heavy atom. The third kappa shape index (κ3) is 2.39. The number of rotatable bonds is 4. The van der Waals surface area contributed by atoms with Gasteiger partial charge in [0.05, 0.1) is 6.10 Å². The Morgan fingerprint density at radius 3 is 2.80 bits per heavy atom. The molecule has 0 amide bonds. The van der Waals surface area contributed by atoms with Gasteiger partial charge in [-0.2, -0.15) is 24.7 Å². The summed E-state index contributed by atoms with van der Waals surface area (Å²) in [6, 6.07) is 0. The van der Waals surface area contributed by atoms with Crippen LogP contribution >= 0.6 is 0 Å². The molecule has 0 radical (unpaired) electrons. The normalized spacial score (nSPS) is 18.5. The molecule has 1 saturated heterocycles. The van der Waals surface area contributed by atoms with E-state index in [1.165, 1.54) is 11.0 Å². The number of methoxy groups -OCH3 is 1. The summed E-state index contributed by atoms with van der Waals surface area (Å²) in [6.45, 7) is 1.64. The number of hydrogen-bond donors (Lipinski definition) is 1. The van der Waals surface area contributed by atoms with E-state index in [9.17, 15) is 0 Å². The molecule has 2 aromatic heterocycles. The van der Waals surface area contributed by atoms with Gasteiger partial charge >= 0.3 is 0 Å². The van der Waals surface area contributed by atoms with E-state index in [2.05, 4.69) is 35.3 Å². The molecule has 0 aromatic carbocycles. The summed E-state index contributed by atoms with van der Waals surface area (Å²) in [5.41, 5.74) is 0. The molecular weight excluding hydrogens is 260 g/mol. The molecule has 20 heavy (non-hydrogen) atoms. The number of ether oxygens (including phenoxy) is 1. The van der Waals surface area contributed by atoms with Crippen molar-refractivity contribution in [1.82, 2.24) is 29.7 Å². The zero-order valence-electron chi connectivity index (χ0n) is 11.4. The largest absolute Gasteiger partial charge is 0.380 e. The van der Waals surface area contributed by atoms with Crippen molar-refractivity contribution in [3.05, 3.63) is 12.7 Å². The highest BCUT2D eigenvalue weighted by Crippen LogP contribution is 2.19. The monoisotopic (exact) mass is 276 g/mol. The maximum Gasteiger partial charge on any atom is 0.258 e. The van der Waals surface area contributed by atoms with Crippen molar-refractivity contribution in [3.63, 3.8) is 0 Å². The Kier molecular flexibility index (Phi) is 3.42. The lowest BCUT2D eigenvalue weighted by Gasteiger charge is -2.17. The van der Waals surface area contributed by atoms with Crippen LogP contribution in [0.3, 0.4) is 0 Å². The average molecular weight is 276 g/mol. The van der Waals surface area contributed by atoms with Crippen molar-refractivity contribution in [2.75, 3.05) is 37.5 Å². The van der Waals surface area contributed by atoms with Gasteiger partial charge in [0.1, 0.15) is 12.7 Å². The van der Waals surface area contributed by atoms with E-state index in [1.54, 1.807) is 20.5 Å². The average Bonchev–Trinajstić information content (AvgIpc) is 3.17. The van der Waals surface area contributed by atoms with Crippen molar-refractivity contribution in [1.29, 1.82) is 0 Å². The lowest BCUT2D eigenvalue weighted by molar-refractivity contribution is 0.121. The van der Waals surface area contributed by atoms with Crippen LogP contribution in [0.25, 0.3) is 5.95 Å². The van der Waals surface area contributed by atoms with E-state index < -0.39 is 0 Å². The van der Waals surface area contributed by atoms with Crippen LogP contribution in [-0.2, 0) is 4.74 Å². The number of nitrogens with one attached hydrogen (secondary N) is 1. The minimum absolute atomic E-state index is 0.222. The molecule has 1 unspecified atom stereocenters. The van der Waals surface area contributed by atoms with Gasteiger partial charge in [-0.15, -0.1) is 0 Å². The van der Waals surface area contributed by atoms with Gasteiger partial charge in [-0.1, -0.05) is 0 Å². The Labute approximate surface area is 116 Å². The maximum absolute atomic E-state index is 5.37. The fourth-order valence-electron chi connectivity index (χ4n) is 2.12. The lowest BCUT2D eigenvalue weighted by Crippen LogP contribution is -2.25. The minimum atomic E-state index is 0.222. The predicted molar refractivity (Wildman–Crippen MR) is 71.9 cm³/mol. The van der Waals surface area contributed by atoms with Crippen LogP contribution in [-0.4, -0.2) is 63.1 Å². The van der Waals surface area contributed by atoms with Gasteiger partial charge in [-0.05, 0) is 6.42 Å². The molecule has 9 heteroatoms. The molecular formula is C11H16N8O. The summed E-state index contributed by atoms with van der Waals surface area (Å²) < 4.78 is 6.88. The van der Waals surface area contributed by atoms with Gasteiger partial charge in [0.25, 0.3) is 5.95 Å². The number of aromatic nitrogens is 6. The summed E-state index contributed by atoms with van der Waals surface area (Å²) in [4.78, 5) is 19.1. The highest BCUT2D eigenvalue weighted by Gasteiger charge is 2.25. The zero-order valence-corrected chi connectivity index (χ0v) is 11.4. The van der Waals surface area contributed by atoms with Crippen molar-refractivity contribution < 1.29 is 4.74 Å². The highest BCUT2D eigenvalue weighted by atomic mass is 16.5. The van der Waals surface area contributed by atoms with E-state index in [4.69, 9.17) is 4.74 Å². The molecule has 1 fully saturated rings. The van der Waals surface area contributed by atoms with Crippen LogP contribution in [0.15, 0.2) is 12.7 Å². The molecule has 3 rings (SSSR count). The first kappa shape index (κ1) is 12.7. The summed E-state index contributed by atoms with van der Waals surface area (Å²) >= 11 is 0. The maximum atomic E-state index is 5.37. The van der Waals surface area contributed by atoms with Crippen LogP contribution in [0, 0.1) is 0 Å². The van der Waals surface area contributed by atoms with Gasteiger partial charge in [0.2, 0.25) is 11.9 Å². The van der Waals surface area contributed by atoms with E-state index in [0.29, 0.717) is 17.8 Å². The molecule has 0 aliphatic carbocycles. The Hall–Kier alpha value is -2.29. The second kappa shape index (κ2) is 5.37. The van der Waals surface area contributed by atoms with Crippen LogP contribution in [0.4, 0.5) is 11.9 Å². The van der Waals surface area contributed by atoms with E-state index in [0.717, 1.165) is 19.5 Å². The summed E-state index contributed by atoms with van der Waals surface area (Å²) in [7, 11) is 3.49. The first-order chi connectivity index (χ1) is 9.80. The highest BCUT2D eigenvalue weighted by molar-refractivity contribution is 5.40. The lowest BCUT2D eigenvalue weighted by atomic mass is 10.3. The Morgan fingerprint density at radius 1 is 1.30 bits per heavy atom. The van der Waals surface area contributed by atoms with Gasteiger partial charge in [0, 0.05) is 27.2 Å². The Balaban J connectivity index is 1.93. The van der Waals surface area contributed by atoms with E-state index in [1.807, 2.05) is 0 Å². The van der Waals surface area contributed by atoms with Crippen molar-refractivity contribution >= 4 is 11.9 Å². The number of nitrogens with zero attached hydrogens (tertiary/aromatic N) is 7. The molecule has 1 atom stereocenters. The van der Waals surface area contributed by atoms with Crippen molar-refractivity contribution in [3.8, 4) is 5.95 Å². The minimum Gasteiger partial charge on any atom is -0.380 e. The molecule has 1 N–H and O–H groups in total. The molecule has 2 aromatic rings. The standard InChI is InChI=1S/C11H16N8O/c1-12-9-15-10(18-4-3-8(5-18)20-2)17-11(16-9)19-7-13-6-14-19/h6-8H,3-5H2,1-2H3,(H,12,15,16,17). The molecule has 1 aliphatic heterocycles. The van der Waals surface area contributed by atoms with Crippen LogP contribution in [0.2, 0.25) is 0 Å². The summed E-state index contributed by atoms with van der Waals surface area (Å²) in [6.07, 6.45) is 4.19. The van der Waals surface area contributed by atoms with Crippen molar-refractivity contribution in [2.45, 2.75) is 12.5 Å². The third-order valence-corrected chi connectivity index (χ3v) is 3.22. The van der Waals surface area contributed by atoms with E-state index >= 15 is 0 Å². The zero-order chi connectivity index (χ0) is 13.9. The molecule has 1 aliphatic rings. The first-order valence-electron chi connectivity index (χ1n) is 6.36. The van der Waals surface area contributed by atoms with Gasteiger partial charge in [-0.3, -0.25) is 0 Å². The van der Waals surface area contributed by atoms with E-state index in [-0.39, 0.29) is 6.10 Å². The molecule has 0 saturated carbocycles. The summed E-state index contributed by atoms with van der Waals surface area (Å²) in [5.74, 6) is 1.56. The second-order valence-corrected chi connectivity index (χ2v) is 4.44. The van der Waals surface area contributed by atoms with Gasteiger partial charge in [0.15, 0.2) is 0 Å². The Bertz CT molecular complexity index is 572. The molecule has 0 bridgehead atoms. The number of anilines is 2. The third-order valence-electron chi connectivity index (χ3n) is 3.22. The van der Waals surface area contributed by atoms with Gasteiger partial charge in [-0.25, -0.2) is 4.98 Å². The molecule has 9 nitrogen and oxygen atoms in total. The topological polar surface area (TPSA) is 93.9 Å². The molecule has 106 valence electrons. The van der Waals surface area contributed by atoms with Crippen LogP contribution in [0.1, 0.15) is 6.42 Å². The molecule has 0 spiro atoms.